The molecule has 6 nitrogen and oxygen atoms in total. The zero-order chi connectivity index (χ0) is 23.5. The molecule has 0 radical (unpaired) electrons. The van der Waals surface area contributed by atoms with Gasteiger partial charge in [-0.2, -0.15) is 13.2 Å². The van der Waals surface area contributed by atoms with Gasteiger partial charge in [-0.25, -0.2) is 14.9 Å². The molecule has 0 spiro atoms. The molecule has 1 aromatic heterocycles. The number of nitrogens with zero attached hydrogens (tertiary/aromatic N) is 3. The molecule has 3 aromatic rings. The van der Waals surface area contributed by atoms with E-state index in [1.165, 1.54) is 13.1 Å². The van der Waals surface area contributed by atoms with E-state index in [0.29, 0.717) is 16.3 Å². The fourth-order valence-corrected chi connectivity index (χ4v) is 3.08. The van der Waals surface area contributed by atoms with Gasteiger partial charge in [0.05, 0.1) is 16.9 Å². The van der Waals surface area contributed by atoms with Gasteiger partial charge in [-0.3, -0.25) is 9.59 Å². The van der Waals surface area contributed by atoms with Crippen molar-refractivity contribution in [3.05, 3.63) is 71.4 Å². The van der Waals surface area contributed by atoms with Crippen molar-refractivity contribution in [3.8, 4) is 11.3 Å². The number of amides is 1. The number of anilines is 2. The second-order valence-electron chi connectivity index (χ2n) is 6.72. The highest BCUT2D eigenvalue weighted by atomic mass is 35.5. The van der Waals surface area contributed by atoms with Gasteiger partial charge >= 0.3 is 12.1 Å². The Bertz CT molecular complexity index is 1140. The molecule has 0 aliphatic heterocycles. The van der Waals surface area contributed by atoms with E-state index < -0.39 is 29.7 Å². The van der Waals surface area contributed by atoms with E-state index in [-0.39, 0.29) is 11.6 Å². The van der Waals surface area contributed by atoms with Gasteiger partial charge in [0.1, 0.15) is 0 Å². The van der Waals surface area contributed by atoms with Crippen LogP contribution in [0.15, 0.2) is 60.8 Å². The standard InChI is InChI=1S/C22H17ClF3N3O3/c1-13(32-14(2)30)20(31)29(18-8-6-16(7-9-18)22(24,25)26)21-27-11-10-19(28-21)15-4-3-5-17(23)12-15/h3-13H,1-2H3/t13-/m0/s1. The van der Waals surface area contributed by atoms with Gasteiger partial charge in [0.15, 0.2) is 6.10 Å². The van der Waals surface area contributed by atoms with Crippen LogP contribution < -0.4 is 4.90 Å². The maximum absolute atomic E-state index is 13.1. The van der Waals surface area contributed by atoms with Gasteiger partial charge in [0.25, 0.3) is 5.91 Å². The molecule has 0 fully saturated rings. The molecule has 10 heteroatoms. The summed E-state index contributed by atoms with van der Waals surface area (Å²) >= 11 is 6.04. The lowest BCUT2D eigenvalue weighted by Crippen LogP contribution is -2.37. The molecule has 0 aliphatic carbocycles. The number of alkyl halides is 3. The van der Waals surface area contributed by atoms with Gasteiger partial charge in [-0.05, 0) is 49.4 Å². The van der Waals surface area contributed by atoms with Crippen molar-refractivity contribution in [1.29, 1.82) is 0 Å². The molecule has 0 aliphatic rings. The highest BCUT2D eigenvalue weighted by molar-refractivity contribution is 6.30. The van der Waals surface area contributed by atoms with Crippen LogP contribution in [0.2, 0.25) is 5.02 Å². The Balaban J connectivity index is 2.08. The molecule has 32 heavy (non-hydrogen) atoms. The molecule has 0 N–H and O–H groups in total. The predicted octanol–water partition coefficient (Wildman–Crippen LogP) is 5.43. The van der Waals surface area contributed by atoms with Gasteiger partial charge in [-0.1, -0.05) is 23.7 Å². The average Bonchev–Trinajstić information content (AvgIpc) is 2.73. The van der Waals surface area contributed by atoms with E-state index >= 15 is 0 Å². The van der Waals surface area contributed by atoms with Crippen molar-refractivity contribution in [2.45, 2.75) is 26.1 Å². The average molecular weight is 464 g/mol. The molecule has 0 bridgehead atoms. The molecule has 0 saturated heterocycles. The van der Waals surface area contributed by atoms with Gasteiger partial charge < -0.3 is 4.74 Å². The first-order valence-electron chi connectivity index (χ1n) is 9.33. The molecule has 2 aromatic carbocycles. The minimum Gasteiger partial charge on any atom is -0.453 e. The number of ether oxygens (including phenoxy) is 1. The quantitative estimate of drug-likeness (QED) is 0.472. The number of halogens is 4. The number of aromatic nitrogens is 2. The smallest absolute Gasteiger partial charge is 0.416 e. The normalized spacial score (nSPS) is 12.2. The van der Waals surface area contributed by atoms with Crippen molar-refractivity contribution >= 4 is 35.1 Å². The third-order valence-electron chi connectivity index (χ3n) is 4.33. The number of rotatable bonds is 5. The van der Waals surface area contributed by atoms with Gasteiger partial charge in [-0.15, -0.1) is 0 Å². The summed E-state index contributed by atoms with van der Waals surface area (Å²) in [6, 6.07) is 12.4. The van der Waals surface area contributed by atoms with E-state index in [0.717, 1.165) is 36.1 Å². The van der Waals surface area contributed by atoms with Crippen molar-refractivity contribution in [2.75, 3.05) is 4.90 Å². The highest BCUT2D eigenvalue weighted by Crippen LogP contribution is 2.32. The molecule has 3 rings (SSSR count). The Morgan fingerprint density at radius 1 is 1.09 bits per heavy atom. The van der Waals surface area contributed by atoms with E-state index in [4.69, 9.17) is 16.3 Å². The SMILES string of the molecule is CC(=O)O[C@@H](C)C(=O)N(c1ccc(C(F)(F)F)cc1)c1nccc(-c2cccc(Cl)c2)n1. The first-order chi connectivity index (χ1) is 15.1. The Hall–Kier alpha value is -3.46. The monoisotopic (exact) mass is 463 g/mol. The number of benzene rings is 2. The van der Waals surface area contributed by atoms with E-state index in [9.17, 15) is 22.8 Å². The predicted molar refractivity (Wildman–Crippen MR) is 112 cm³/mol. The molecule has 1 amide bonds. The second-order valence-corrected chi connectivity index (χ2v) is 7.16. The Morgan fingerprint density at radius 2 is 1.78 bits per heavy atom. The van der Waals surface area contributed by atoms with Crippen LogP contribution in [-0.4, -0.2) is 27.9 Å². The molecule has 0 unspecified atom stereocenters. The summed E-state index contributed by atoms with van der Waals surface area (Å²) in [5, 5.41) is 0.474. The molecular formula is C22H17ClF3N3O3. The van der Waals surface area contributed by atoms with Crippen molar-refractivity contribution in [3.63, 3.8) is 0 Å². The minimum absolute atomic E-state index is 0.0743. The van der Waals surface area contributed by atoms with Crippen LogP contribution in [0.25, 0.3) is 11.3 Å². The first-order valence-corrected chi connectivity index (χ1v) is 9.71. The topological polar surface area (TPSA) is 72.4 Å². The first kappa shape index (κ1) is 23.2. The van der Waals surface area contributed by atoms with Crippen LogP contribution in [0.1, 0.15) is 19.4 Å². The maximum atomic E-state index is 13.1. The van der Waals surface area contributed by atoms with Crippen LogP contribution in [0, 0.1) is 0 Å². The number of carbonyl (C=O) groups is 2. The molecule has 1 heterocycles. The van der Waals surface area contributed by atoms with E-state index in [1.54, 1.807) is 30.3 Å². The largest absolute Gasteiger partial charge is 0.453 e. The van der Waals surface area contributed by atoms with E-state index in [2.05, 4.69) is 9.97 Å². The minimum atomic E-state index is -4.54. The summed E-state index contributed by atoms with van der Waals surface area (Å²) in [6.07, 6.45) is -4.37. The van der Waals surface area contributed by atoms with Crippen LogP contribution in [0.3, 0.4) is 0 Å². The second kappa shape index (κ2) is 9.35. The number of carbonyl (C=O) groups excluding carboxylic acids is 2. The lowest BCUT2D eigenvalue weighted by atomic mass is 10.1. The molecule has 0 saturated carbocycles. The lowest BCUT2D eigenvalue weighted by molar-refractivity contribution is -0.151. The third-order valence-corrected chi connectivity index (χ3v) is 4.56. The Labute approximate surface area is 186 Å². The third kappa shape index (κ3) is 5.42. The fourth-order valence-electron chi connectivity index (χ4n) is 2.89. The lowest BCUT2D eigenvalue weighted by Gasteiger charge is -2.24. The Morgan fingerprint density at radius 3 is 2.38 bits per heavy atom. The maximum Gasteiger partial charge on any atom is 0.416 e. The van der Waals surface area contributed by atoms with Crippen LogP contribution in [-0.2, 0) is 20.5 Å². The summed E-state index contributed by atoms with van der Waals surface area (Å²) in [7, 11) is 0. The molecular weight excluding hydrogens is 447 g/mol. The zero-order valence-electron chi connectivity index (χ0n) is 16.9. The Kier molecular flexibility index (Phi) is 6.78. The summed E-state index contributed by atoms with van der Waals surface area (Å²) in [5.41, 5.74) is 0.275. The van der Waals surface area contributed by atoms with Gasteiger partial charge in [0.2, 0.25) is 5.95 Å². The summed E-state index contributed by atoms with van der Waals surface area (Å²) in [6.45, 7) is 2.49. The molecule has 166 valence electrons. The molecule has 1 atom stereocenters. The summed E-state index contributed by atoms with van der Waals surface area (Å²) in [4.78, 5) is 33.9. The van der Waals surface area contributed by atoms with E-state index in [1.807, 2.05) is 0 Å². The van der Waals surface area contributed by atoms with Crippen molar-refractivity contribution < 1.29 is 27.5 Å². The fraction of sp³-hybridized carbons (Fsp3) is 0.182. The number of esters is 1. The summed E-state index contributed by atoms with van der Waals surface area (Å²) in [5.74, 6) is -1.53. The van der Waals surface area contributed by atoms with Gasteiger partial charge in [0, 0.05) is 23.7 Å². The van der Waals surface area contributed by atoms with Crippen molar-refractivity contribution in [2.24, 2.45) is 0 Å². The van der Waals surface area contributed by atoms with Crippen LogP contribution in [0.4, 0.5) is 24.8 Å². The van der Waals surface area contributed by atoms with Crippen molar-refractivity contribution in [1.82, 2.24) is 9.97 Å². The number of hydrogen-bond donors (Lipinski definition) is 0. The highest BCUT2D eigenvalue weighted by Gasteiger charge is 2.32. The number of hydrogen-bond acceptors (Lipinski definition) is 5. The van der Waals surface area contributed by atoms with Crippen LogP contribution in [0.5, 0.6) is 0 Å². The zero-order valence-corrected chi connectivity index (χ0v) is 17.7. The van der Waals surface area contributed by atoms with Crippen LogP contribution >= 0.6 is 11.6 Å². The summed E-state index contributed by atoms with van der Waals surface area (Å²) < 4.78 is 43.9.